The second-order valence-electron chi connectivity index (χ2n) is 4.71. The molecule has 1 aliphatic heterocycles. The lowest BCUT2D eigenvalue weighted by Gasteiger charge is -2.16. The van der Waals surface area contributed by atoms with Crippen LogP contribution in [0.5, 0.6) is 0 Å². The molecule has 11 nitrogen and oxygen atoms in total. The number of aromatic nitrogens is 4. The van der Waals surface area contributed by atoms with E-state index >= 15 is 0 Å². The molecule has 3 atom stereocenters. The van der Waals surface area contributed by atoms with E-state index in [-0.39, 0.29) is 30.0 Å². The summed E-state index contributed by atoms with van der Waals surface area (Å²) >= 11 is 0. The van der Waals surface area contributed by atoms with Gasteiger partial charge in [-0.15, -0.1) is 0 Å². The van der Waals surface area contributed by atoms with E-state index in [4.69, 9.17) is 20.7 Å². The van der Waals surface area contributed by atoms with Crippen LogP contribution in [0.15, 0.2) is 15.8 Å². The molecule has 2 aromatic heterocycles. The Labute approximate surface area is 129 Å². The predicted molar refractivity (Wildman–Crippen MR) is 78.6 cm³/mol. The summed E-state index contributed by atoms with van der Waals surface area (Å²) in [6.07, 6.45) is -1.30. The monoisotopic (exact) mass is 327 g/mol. The molecular formula is C12H17N5O6. The second kappa shape index (κ2) is 6.83. The molecule has 0 radical (unpaired) electrons. The maximum atomic E-state index is 12.0. The molecule has 0 spiro atoms. The lowest BCUT2D eigenvalue weighted by molar-refractivity contribution is -0.0445. The average molecular weight is 327 g/mol. The standard InChI is InChI=1S/C11H13N5O5.CH4O/c12-10-13-2-4-8(14-10)16(11(20)15-9(4)19)7-1-5(18)6(3-17)21-7;1-2/h2,5-7,17-18H,1,3H2,(H2,12,13,14)(H,15,19,20);2H,1H3/t5-,6+,7-;/m0./s1. The van der Waals surface area contributed by atoms with Crippen LogP contribution in [0.4, 0.5) is 5.95 Å². The molecule has 0 amide bonds. The Balaban J connectivity index is 0.000000924. The maximum Gasteiger partial charge on any atom is 0.332 e. The number of anilines is 1. The number of nitrogens with two attached hydrogens (primary N) is 1. The first-order chi connectivity index (χ1) is 11.0. The molecule has 126 valence electrons. The molecule has 11 heteroatoms. The fourth-order valence-electron chi connectivity index (χ4n) is 2.36. The highest BCUT2D eigenvalue weighted by Crippen LogP contribution is 2.28. The largest absolute Gasteiger partial charge is 0.400 e. The fourth-order valence-corrected chi connectivity index (χ4v) is 2.36. The zero-order chi connectivity index (χ0) is 17.1. The topological polar surface area (TPSA) is 177 Å². The molecule has 0 aliphatic carbocycles. The van der Waals surface area contributed by atoms with Gasteiger partial charge in [0.15, 0.2) is 5.65 Å². The van der Waals surface area contributed by atoms with E-state index in [1.807, 2.05) is 0 Å². The minimum Gasteiger partial charge on any atom is -0.400 e. The van der Waals surface area contributed by atoms with Crippen molar-refractivity contribution in [2.75, 3.05) is 19.5 Å². The predicted octanol–water partition coefficient (Wildman–Crippen LogP) is -2.69. The van der Waals surface area contributed by atoms with Crippen molar-refractivity contribution in [1.82, 2.24) is 19.5 Å². The third-order valence-electron chi connectivity index (χ3n) is 3.37. The molecule has 1 aliphatic rings. The molecule has 3 heterocycles. The van der Waals surface area contributed by atoms with Gasteiger partial charge >= 0.3 is 5.69 Å². The first-order valence-electron chi connectivity index (χ1n) is 6.67. The van der Waals surface area contributed by atoms with Gasteiger partial charge in [-0.2, -0.15) is 4.98 Å². The first-order valence-corrected chi connectivity index (χ1v) is 6.67. The van der Waals surface area contributed by atoms with Crippen molar-refractivity contribution in [2.45, 2.75) is 24.9 Å². The number of nitrogens with zero attached hydrogens (tertiary/aromatic N) is 3. The molecule has 1 fully saturated rings. The van der Waals surface area contributed by atoms with E-state index in [0.29, 0.717) is 0 Å². The van der Waals surface area contributed by atoms with Gasteiger partial charge in [0.05, 0.1) is 12.7 Å². The van der Waals surface area contributed by atoms with E-state index in [1.165, 1.54) is 6.20 Å². The molecule has 23 heavy (non-hydrogen) atoms. The summed E-state index contributed by atoms with van der Waals surface area (Å²) in [6.45, 7) is -0.384. The van der Waals surface area contributed by atoms with E-state index in [1.54, 1.807) is 0 Å². The van der Waals surface area contributed by atoms with Gasteiger partial charge in [-0.3, -0.25) is 14.3 Å². The molecule has 0 saturated carbocycles. The Kier molecular flexibility index (Phi) is 5.05. The molecule has 6 N–H and O–H groups in total. The SMILES string of the molecule is CO.Nc1ncc2c(=O)[nH]c(=O)n([C@@H]3C[C@H](O)[C@@H](CO)O3)c2n1. The minimum atomic E-state index is -0.923. The normalized spacial score (nSPS) is 23.6. The highest BCUT2D eigenvalue weighted by atomic mass is 16.5. The van der Waals surface area contributed by atoms with Crippen LogP contribution in [-0.4, -0.2) is 60.8 Å². The van der Waals surface area contributed by atoms with E-state index in [2.05, 4.69) is 15.0 Å². The average Bonchev–Trinajstić information content (AvgIpc) is 2.89. The van der Waals surface area contributed by atoms with Crippen molar-refractivity contribution in [1.29, 1.82) is 0 Å². The van der Waals surface area contributed by atoms with Crippen molar-refractivity contribution in [3.05, 3.63) is 27.0 Å². The third kappa shape index (κ3) is 3.07. The number of ether oxygens (including phenoxy) is 1. The summed E-state index contributed by atoms with van der Waals surface area (Å²) < 4.78 is 6.51. The Morgan fingerprint density at radius 2 is 2.17 bits per heavy atom. The number of rotatable bonds is 2. The van der Waals surface area contributed by atoms with Crippen LogP contribution in [0.25, 0.3) is 11.0 Å². The van der Waals surface area contributed by atoms with Gasteiger partial charge in [-0.25, -0.2) is 9.78 Å². The Bertz CT molecular complexity index is 803. The number of nitrogen functional groups attached to an aromatic ring is 1. The van der Waals surface area contributed by atoms with Crippen LogP contribution in [0, 0.1) is 0 Å². The number of fused-ring (bicyclic) bond motifs is 1. The van der Waals surface area contributed by atoms with E-state index < -0.39 is 29.7 Å². The minimum absolute atomic E-state index is 0.0204. The number of hydrogen-bond donors (Lipinski definition) is 5. The smallest absolute Gasteiger partial charge is 0.332 e. The van der Waals surface area contributed by atoms with Crippen molar-refractivity contribution in [3.63, 3.8) is 0 Å². The van der Waals surface area contributed by atoms with Crippen LogP contribution in [-0.2, 0) is 4.74 Å². The number of H-pyrrole nitrogens is 1. The number of aromatic amines is 1. The Morgan fingerprint density at radius 1 is 1.48 bits per heavy atom. The highest BCUT2D eigenvalue weighted by molar-refractivity contribution is 5.73. The van der Waals surface area contributed by atoms with Crippen molar-refractivity contribution >= 4 is 17.0 Å². The van der Waals surface area contributed by atoms with E-state index in [9.17, 15) is 14.7 Å². The van der Waals surface area contributed by atoms with Crippen LogP contribution in [0.2, 0.25) is 0 Å². The third-order valence-corrected chi connectivity index (χ3v) is 3.37. The zero-order valence-corrected chi connectivity index (χ0v) is 12.2. The quantitative estimate of drug-likeness (QED) is 0.393. The van der Waals surface area contributed by atoms with Crippen LogP contribution in [0.3, 0.4) is 0 Å². The number of aliphatic hydroxyl groups excluding tert-OH is 3. The van der Waals surface area contributed by atoms with Gasteiger partial charge in [0.1, 0.15) is 17.7 Å². The summed E-state index contributed by atoms with van der Waals surface area (Å²) in [6, 6.07) is 0. The molecule has 0 unspecified atom stereocenters. The van der Waals surface area contributed by atoms with Crippen LogP contribution < -0.4 is 17.0 Å². The van der Waals surface area contributed by atoms with Crippen LogP contribution >= 0.6 is 0 Å². The lowest BCUT2D eigenvalue weighted by Crippen LogP contribution is -2.34. The number of nitrogens with one attached hydrogen (secondary N) is 1. The van der Waals surface area contributed by atoms with Gasteiger partial charge in [-0.1, -0.05) is 0 Å². The van der Waals surface area contributed by atoms with Crippen molar-refractivity contribution < 1.29 is 20.1 Å². The van der Waals surface area contributed by atoms with Gasteiger partial charge < -0.3 is 25.8 Å². The van der Waals surface area contributed by atoms with Gasteiger partial charge in [0.2, 0.25) is 5.95 Å². The Morgan fingerprint density at radius 3 is 2.78 bits per heavy atom. The van der Waals surface area contributed by atoms with Gasteiger partial charge in [-0.05, 0) is 0 Å². The fraction of sp³-hybridized carbons (Fsp3) is 0.500. The number of hydrogen-bond acceptors (Lipinski definition) is 9. The molecular weight excluding hydrogens is 310 g/mol. The molecule has 0 bridgehead atoms. The van der Waals surface area contributed by atoms with Crippen molar-refractivity contribution in [2.24, 2.45) is 0 Å². The summed E-state index contributed by atoms with van der Waals surface area (Å²) in [5, 5.41) is 25.9. The molecule has 2 aromatic rings. The second-order valence-corrected chi connectivity index (χ2v) is 4.71. The lowest BCUT2D eigenvalue weighted by atomic mass is 10.2. The molecule has 0 aromatic carbocycles. The summed E-state index contributed by atoms with van der Waals surface area (Å²) in [4.78, 5) is 33.5. The maximum absolute atomic E-state index is 12.0. The molecule has 1 saturated heterocycles. The summed E-state index contributed by atoms with van der Waals surface area (Å²) in [7, 11) is 1.00. The Hall–Kier alpha value is -2.34. The van der Waals surface area contributed by atoms with Crippen LogP contribution in [0.1, 0.15) is 12.6 Å². The zero-order valence-electron chi connectivity index (χ0n) is 12.2. The van der Waals surface area contributed by atoms with E-state index in [0.717, 1.165) is 11.7 Å². The first kappa shape index (κ1) is 17.0. The summed E-state index contributed by atoms with van der Waals surface area (Å²) in [5.74, 6) is -0.0986. The van der Waals surface area contributed by atoms with Gasteiger partial charge in [0, 0.05) is 19.7 Å². The van der Waals surface area contributed by atoms with Gasteiger partial charge in [0.25, 0.3) is 5.56 Å². The summed E-state index contributed by atoms with van der Waals surface area (Å²) in [5.41, 5.74) is 4.14. The number of aliphatic hydroxyl groups is 3. The van der Waals surface area contributed by atoms with Crippen molar-refractivity contribution in [3.8, 4) is 0 Å². The highest BCUT2D eigenvalue weighted by Gasteiger charge is 2.36. The molecule has 3 rings (SSSR count).